The zero-order chi connectivity index (χ0) is 19.4. The molecule has 0 aliphatic rings. The Labute approximate surface area is 167 Å². The van der Waals surface area contributed by atoms with Crippen molar-refractivity contribution in [2.24, 2.45) is 5.73 Å². The van der Waals surface area contributed by atoms with Crippen LogP contribution in [0.15, 0.2) is 93.8 Å². The molecule has 0 atom stereocenters. The molecule has 0 saturated carbocycles. The summed E-state index contributed by atoms with van der Waals surface area (Å²) in [5.74, 6) is 0.103. The molecule has 4 aromatic carbocycles. The van der Waals surface area contributed by atoms with Crippen LogP contribution in [-0.4, -0.2) is 6.54 Å². The van der Waals surface area contributed by atoms with Gasteiger partial charge in [-0.2, -0.15) is 0 Å². The number of benzene rings is 4. The fraction of sp³-hybridized carbons (Fsp3) is 0.0769. The maximum atomic E-state index is 6.25. The first-order chi connectivity index (χ1) is 14.3. The van der Waals surface area contributed by atoms with E-state index in [9.17, 15) is 0 Å². The molecule has 29 heavy (non-hydrogen) atoms. The Kier molecular flexibility index (Phi) is 3.52. The van der Waals surface area contributed by atoms with Gasteiger partial charge in [0, 0.05) is 34.0 Å². The van der Waals surface area contributed by atoms with Gasteiger partial charge >= 0.3 is 0 Å². The fourth-order valence-electron chi connectivity index (χ4n) is 4.39. The van der Waals surface area contributed by atoms with Crippen molar-refractivity contribution in [3.05, 3.63) is 96.1 Å². The van der Waals surface area contributed by atoms with Gasteiger partial charge in [-0.15, -0.1) is 0 Å². The number of fused-ring (bicyclic) bond motifs is 6. The van der Waals surface area contributed by atoms with E-state index in [0.29, 0.717) is 6.54 Å². The minimum atomic E-state index is 0.103. The normalized spacial score (nSPS) is 12.1. The maximum Gasteiger partial charge on any atom is 0.135 e. The van der Waals surface area contributed by atoms with Gasteiger partial charge in [0.2, 0.25) is 0 Å². The first kappa shape index (κ1) is 16.4. The lowest BCUT2D eigenvalue weighted by Gasteiger charge is -2.16. The number of para-hydroxylation sites is 2. The molecular formula is C26H19NO2. The van der Waals surface area contributed by atoms with E-state index in [4.69, 9.17) is 14.6 Å². The van der Waals surface area contributed by atoms with Gasteiger partial charge in [0.1, 0.15) is 22.3 Å². The standard InChI is InChI=1S/C26H19NO2/c27-15-22(16-9-11-25-20(13-16)18-5-1-3-7-23(18)28-25)17-10-12-26-21(14-17)19-6-2-4-8-24(19)29-26/h1-14,22H,15,27H2. The van der Waals surface area contributed by atoms with E-state index in [1.54, 1.807) is 0 Å². The second kappa shape index (κ2) is 6.23. The molecule has 0 bridgehead atoms. The molecule has 0 unspecified atom stereocenters. The monoisotopic (exact) mass is 377 g/mol. The second-order valence-corrected chi connectivity index (χ2v) is 7.50. The van der Waals surface area contributed by atoms with Crippen molar-refractivity contribution in [2.75, 3.05) is 6.54 Å². The Balaban J connectivity index is 1.52. The van der Waals surface area contributed by atoms with E-state index >= 15 is 0 Å². The van der Waals surface area contributed by atoms with Crippen LogP contribution in [0.3, 0.4) is 0 Å². The van der Waals surface area contributed by atoms with Crippen LogP contribution in [-0.2, 0) is 0 Å². The first-order valence-corrected chi connectivity index (χ1v) is 9.84. The highest BCUT2D eigenvalue weighted by molar-refractivity contribution is 6.06. The molecule has 0 radical (unpaired) electrons. The summed E-state index contributed by atoms with van der Waals surface area (Å²) in [6.07, 6.45) is 0. The third-order valence-electron chi connectivity index (χ3n) is 5.84. The molecule has 3 heteroatoms. The van der Waals surface area contributed by atoms with Crippen LogP contribution in [0.25, 0.3) is 43.9 Å². The van der Waals surface area contributed by atoms with Crippen LogP contribution in [0.5, 0.6) is 0 Å². The van der Waals surface area contributed by atoms with Crippen molar-refractivity contribution in [3.63, 3.8) is 0 Å². The van der Waals surface area contributed by atoms with E-state index in [2.05, 4.69) is 48.5 Å². The SMILES string of the molecule is NCC(c1ccc2oc3ccccc3c2c1)c1ccc2oc3ccccc3c2c1. The molecular weight excluding hydrogens is 358 g/mol. The van der Waals surface area contributed by atoms with Gasteiger partial charge in [-0.3, -0.25) is 0 Å². The second-order valence-electron chi connectivity index (χ2n) is 7.50. The maximum absolute atomic E-state index is 6.25. The van der Waals surface area contributed by atoms with Crippen molar-refractivity contribution in [3.8, 4) is 0 Å². The van der Waals surface area contributed by atoms with Crippen molar-refractivity contribution in [2.45, 2.75) is 5.92 Å². The first-order valence-electron chi connectivity index (χ1n) is 9.84. The van der Waals surface area contributed by atoms with Gasteiger partial charge in [-0.25, -0.2) is 0 Å². The highest BCUT2D eigenvalue weighted by Gasteiger charge is 2.17. The highest BCUT2D eigenvalue weighted by atomic mass is 16.3. The Bertz CT molecular complexity index is 1390. The molecule has 2 heterocycles. The van der Waals surface area contributed by atoms with Crippen molar-refractivity contribution >= 4 is 43.9 Å². The van der Waals surface area contributed by atoms with Gasteiger partial charge in [0.15, 0.2) is 0 Å². The van der Waals surface area contributed by atoms with Gasteiger partial charge < -0.3 is 14.6 Å². The number of furan rings is 2. The number of hydrogen-bond donors (Lipinski definition) is 1. The average molecular weight is 377 g/mol. The van der Waals surface area contributed by atoms with E-state index in [0.717, 1.165) is 43.9 Å². The largest absolute Gasteiger partial charge is 0.456 e. The molecule has 140 valence electrons. The molecule has 6 aromatic rings. The van der Waals surface area contributed by atoms with Gasteiger partial charge in [-0.1, -0.05) is 48.5 Å². The third kappa shape index (κ3) is 2.48. The smallest absolute Gasteiger partial charge is 0.135 e. The van der Waals surface area contributed by atoms with Crippen molar-refractivity contribution in [1.29, 1.82) is 0 Å². The Hall–Kier alpha value is -3.56. The lowest BCUT2D eigenvalue weighted by Crippen LogP contribution is -2.13. The van der Waals surface area contributed by atoms with E-state index < -0.39 is 0 Å². The Morgan fingerprint density at radius 2 is 1.00 bits per heavy atom. The summed E-state index contributed by atoms with van der Waals surface area (Å²) in [4.78, 5) is 0. The molecule has 0 amide bonds. The zero-order valence-corrected chi connectivity index (χ0v) is 15.8. The van der Waals surface area contributed by atoms with E-state index in [1.165, 1.54) is 11.1 Å². The lowest BCUT2D eigenvalue weighted by atomic mass is 9.89. The van der Waals surface area contributed by atoms with E-state index in [1.807, 2.05) is 36.4 Å². The highest BCUT2D eigenvalue weighted by Crippen LogP contribution is 2.35. The summed E-state index contributed by atoms with van der Waals surface area (Å²) in [5, 5.41) is 4.53. The Morgan fingerprint density at radius 3 is 1.48 bits per heavy atom. The topological polar surface area (TPSA) is 52.3 Å². The predicted octanol–water partition coefficient (Wildman–Crippen LogP) is 6.58. The summed E-state index contributed by atoms with van der Waals surface area (Å²) < 4.78 is 12.0. The number of rotatable bonds is 3. The molecule has 6 rings (SSSR count). The summed E-state index contributed by atoms with van der Waals surface area (Å²) >= 11 is 0. The number of nitrogens with two attached hydrogens (primary N) is 1. The van der Waals surface area contributed by atoms with Gasteiger partial charge in [0.05, 0.1) is 0 Å². The third-order valence-corrected chi connectivity index (χ3v) is 5.84. The van der Waals surface area contributed by atoms with Gasteiger partial charge in [0.25, 0.3) is 0 Å². The summed E-state index contributed by atoms with van der Waals surface area (Å²) in [6, 6.07) is 29.1. The molecule has 2 N–H and O–H groups in total. The molecule has 3 nitrogen and oxygen atoms in total. The van der Waals surface area contributed by atoms with Crippen LogP contribution in [0, 0.1) is 0 Å². The summed E-state index contributed by atoms with van der Waals surface area (Å²) in [6.45, 7) is 0.530. The molecule has 0 aliphatic carbocycles. The van der Waals surface area contributed by atoms with Crippen LogP contribution < -0.4 is 5.73 Å². The summed E-state index contributed by atoms with van der Waals surface area (Å²) in [7, 11) is 0. The van der Waals surface area contributed by atoms with E-state index in [-0.39, 0.29) is 5.92 Å². The fourth-order valence-corrected chi connectivity index (χ4v) is 4.39. The Morgan fingerprint density at radius 1 is 0.552 bits per heavy atom. The molecule has 0 spiro atoms. The van der Waals surface area contributed by atoms with Crippen molar-refractivity contribution < 1.29 is 8.83 Å². The quantitative estimate of drug-likeness (QED) is 0.379. The molecule has 0 fully saturated rings. The summed E-state index contributed by atoms with van der Waals surface area (Å²) in [5.41, 5.74) is 12.3. The molecule has 2 aromatic heterocycles. The minimum Gasteiger partial charge on any atom is -0.456 e. The average Bonchev–Trinajstić information content (AvgIpc) is 3.32. The van der Waals surface area contributed by atoms with Gasteiger partial charge in [-0.05, 0) is 47.5 Å². The van der Waals surface area contributed by atoms with Crippen LogP contribution >= 0.6 is 0 Å². The molecule has 0 aliphatic heterocycles. The zero-order valence-electron chi connectivity index (χ0n) is 15.8. The predicted molar refractivity (Wildman–Crippen MR) is 118 cm³/mol. The number of hydrogen-bond acceptors (Lipinski definition) is 3. The molecule has 0 saturated heterocycles. The van der Waals surface area contributed by atoms with Crippen molar-refractivity contribution in [1.82, 2.24) is 0 Å². The minimum absolute atomic E-state index is 0.103. The van der Waals surface area contributed by atoms with Crippen LogP contribution in [0.2, 0.25) is 0 Å². The van der Waals surface area contributed by atoms with Crippen LogP contribution in [0.1, 0.15) is 17.0 Å². The van der Waals surface area contributed by atoms with Crippen LogP contribution in [0.4, 0.5) is 0 Å². The lowest BCUT2D eigenvalue weighted by molar-refractivity contribution is 0.668.